The molecule has 5 heteroatoms. The fourth-order valence-corrected chi connectivity index (χ4v) is 6.83. The number of aryl methyl sites for hydroxylation is 2. The first-order valence-electron chi connectivity index (χ1n) is 15.2. The van der Waals surface area contributed by atoms with E-state index in [2.05, 4.69) is 91.8 Å². The van der Waals surface area contributed by atoms with Crippen LogP contribution < -0.4 is 24.8 Å². The molecule has 4 aromatic carbocycles. The molecule has 0 N–H and O–H groups in total. The first-order chi connectivity index (χ1) is 20.6. The maximum absolute atomic E-state index is 5.86. The van der Waals surface area contributed by atoms with Crippen molar-refractivity contribution < 1.29 is 49.0 Å². The van der Waals surface area contributed by atoms with Gasteiger partial charge >= 0.3 is 120 Å². The van der Waals surface area contributed by atoms with Crippen molar-refractivity contribution in [3.8, 4) is 11.1 Å². The Labute approximate surface area is 314 Å². The van der Waals surface area contributed by atoms with Crippen LogP contribution in [0.25, 0.3) is 11.1 Å². The molecule has 0 bridgehead atoms. The third-order valence-electron chi connectivity index (χ3n) is 7.93. The van der Waals surface area contributed by atoms with Crippen molar-refractivity contribution in [3.63, 3.8) is 0 Å². The summed E-state index contributed by atoms with van der Waals surface area (Å²) >= 11 is 13.1. The van der Waals surface area contributed by atoms with E-state index in [-0.39, 0.29) is 35.6 Å². The van der Waals surface area contributed by atoms with Gasteiger partial charge in [0.25, 0.3) is 0 Å². The molecule has 2 aliphatic carbocycles. The Balaban J connectivity index is 0.000000278. The van der Waals surface area contributed by atoms with Crippen LogP contribution in [0.15, 0.2) is 85.0 Å². The molecule has 0 nitrogen and oxygen atoms in total. The van der Waals surface area contributed by atoms with E-state index in [4.69, 9.17) is 23.2 Å². The van der Waals surface area contributed by atoms with Crippen LogP contribution >= 0.6 is 23.2 Å². The van der Waals surface area contributed by atoms with Gasteiger partial charge in [-0.2, -0.15) is 23.8 Å². The monoisotopic (exact) mass is 764 g/mol. The Morgan fingerprint density at radius 1 is 0.717 bits per heavy atom. The molecule has 0 saturated carbocycles. The van der Waals surface area contributed by atoms with Crippen LogP contribution in [-0.2, 0) is 41.5 Å². The maximum atomic E-state index is 5.86. The molecule has 0 radical (unpaired) electrons. The van der Waals surface area contributed by atoms with Gasteiger partial charge in [0.2, 0.25) is 0 Å². The molecule has 0 amide bonds. The van der Waals surface area contributed by atoms with Crippen molar-refractivity contribution in [1.82, 2.24) is 0 Å². The topological polar surface area (TPSA) is 0 Å². The summed E-state index contributed by atoms with van der Waals surface area (Å²) in [7, 11) is 0. The predicted molar refractivity (Wildman–Crippen MR) is 188 cm³/mol. The van der Waals surface area contributed by atoms with Crippen molar-refractivity contribution >= 4 is 26.4 Å². The van der Waals surface area contributed by atoms with Gasteiger partial charge in [0, 0.05) is 0 Å². The maximum Gasteiger partial charge on any atom is -0.109 e. The van der Waals surface area contributed by atoms with Gasteiger partial charge in [0.15, 0.2) is 0 Å². The van der Waals surface area contributed by atoms with Crippen molar-refractivity contribution in [2.75, 3.05) is 0 Å². The number of halogens is 4. The SMILES string of the molecule is Cc1[c-]c2c(cc1C(C)(C)C)-c1cc(C(C)(C)C)c(C)cc1C2.Clc1ccc([C](=[Zr+2])c2ccc(Cl)cc2)cc1.[C-]1=CC=CC1.[Cl-].[Cl-]. The van der Waals surface area contributed by atoms with E-state index in [1.165, 1.54) is 83.1 Å². The van der Waals surface area contributed by atoms with Crippen molar-refractivity contribution in [1.29, 1.82) is 0 Å². The average molecular weight is 768 g/mol. The number of allylic oxidation sites excluding steroid dienone is 4. The van der Waals surface area contributed by atoms with E-state index in [9.17, 15) is 0 Å². The van der Waals surface area contributed by atoms with Gasteiger partial charge in [-0.15, -0.1) is 23.1 Å². The predicted octanol–water partition coefficient (Wildman–Crippen LogP) is 5.69. The molecule has 0 aromatic heterocycles. The quantitative estimate of drug-likeness (QED) is 0.203. The summed E-state index contributed by atoms with van der Waals surface area (Å²) in [6.45, 7) is 18.2. The number of hydrogen-bond acceptors (Lipinski definition) is 0. The van der Waals surface area contributed by atoms with Crippen LogP contribution in [0.3, 0.4) is 0 Å². The summed E-state index contributed by atoms with van der Waals surface area (Å²) in [5, 5.41) is 1.53. The third-order valence-corrected chi connectivity index (χ3v) is 9.85. The second-order valence-electron chi connectivity index (χ2n) is 13.6. The normalized spacial score (nSPS) is 12.4. The van der Waals surface area contributed by atoms with E-state index in [0.717, 1.165) is 22.9 Å². The van der Waals surface area contributed by atoms with E-state index in [1.54, 1.807) is 0 Å². The first-order valence-corrected chi connectivity index (χ1v) is 17.2. The Bertz CT molecular complexity index is 1570. The van der Waals surface area contributed by atoms with Crippen LogP contribution in [0.2, 0.25) is 10.0 Å². The fraction of sp³-hybridized carbons (Fsp3) is 0.293. The molecule has 0 atom stereocenters. The van der Waals surface area contributed by atoms with Gasteiger partial charge in [-0.3, -0.25) is 6.08 Å². The molecule has 0 aliphatic heterocycles. The summed E-state index contributed by atoms with van der Waals surface area (Å²) in [4.78, 5) is 0. The number of rotatable bonds is 2. The zero-order valence-electron chi connectivity index (χ0n) is 28.0. The Hall–Kier alpha value is -1.73. The summed E-state index contributed by atoms with van der Waals surface area (Å²) in [5.74, 6) is 0. The molecule has 0 unspecified atom stereocenters. The van der Waals surface area contributed by atoms with Crippen molar-refractivity contribution in [2.45, 2.75) is 79.1 Å². The minimum atomic E-state index is 0. The van der Waals surface area contributed by atoms with Crippen LogP contribution in [0.5, 0.6) is 0 Å². The van der Waals surface area contributed by atoms with Gasteiger partial charge < -0.3 is 24.8 Å². The fourth-order valence-electron chi connectivity index (χ4n) is 5.76. The second kappa shape index (κ2) is 17.1. The number of fused-ring (bicyclic) bond motifs is 3. The Morgan fingerprint density at radius 3 is 1.63 bits per heavy atom. The molecule has 0 fully saturated rings. The molecule has 0 saturated heterocycles. The van der Waals surface area contributed by atoms with E-state index in [1.807, 2.05) is 60.7 Å². The van der Waals surface area contributed by atoms with E-state index < -0.39 is 0 Å². The third kappa shape index (κ3) is 10.4. The van der Waals surface area contributed by atoms with Gasteiger partial charge in [0.05, 0.1) is 0 Å². The van der Waals surface area contributed by atoms with Gasteiger partial charge in [0.1, 0.15) is 0 Å². The summed E-state index contributed by atoms with van der Waals surface area (Å²) in [5.41, 5.74) is 14.0. The summed E-state index contributed by atoms with van der Waals surface area (Å²) in [6.07, 6.45) is 11.0. The van der Waals surface area contributed by atoms with Crippen molar-refractivity contribution in [3.05, 3.63) is 152 Å². The standard InChI is InChI=1S/C23H29.C13H8Cl2.C5H5.2ClH.Zr/c1-14-9-16-11-17-10-15(2)21(23(6,7)8)13-19(17)18(16)12-20(14)22(3,4)5;14-12-5-1-10(2-6-12)9-11-3-7-13(15)8-4-11;1-2-4-5-3-1;;;/h9,12-13H,11H2,1-8H3;1-8H;1-3H,4H2;2*1H;/q-1;;-1;;;+2/p-2. The zero-order valence-corrected chi connectivity index (χ0v) is 33.5. The summed E-state index contributed by atoms with van der Waals surface area (Å²) < 4.78 is 1.31. The molecule has 0 spiro atoms. The molecular weight excluding hydrogens is 725 g/mol. The minimum absolute atomic E-state index is 0. The largest absolute Gasteiger partial charge is 1.00 e. The molecule has 46 heavy (non-hydrogen) atoms. The van der Waals surface area contributed by atoms with Crippen molar-refractivity contribution in [2.24, 2.45) is 0 Å². The molecule has 240 valence electrons. The average Bonchev–Trinajstić information content (AvgIpc) is 3.63. The first kappa shape index (κ1) is 40.4. The zero-order chi connectivity index (χ0) is 32.2. The molecule has 4 aromatic rings. The van der Waals surface area contributed by atoms with Gasteiger partial charge in [-0.1, -0.05) is 71.6 Å². The minimum Gasteiger partial charge on any atom is -1.00 e. The smallest absolute Gasteiger partial charge is 0.109 e. The van der Waals surface area contributed by atoms with Crippen LogP contribution in [0, 0.1) is 26.0 Å². The molecule has 6 rings (SSSR count). The second-order valence-corrected chi connectivity index (χ2v) is 15.7. The van der Waals surface area contributed by atoms with E-state index >= 15 is 0 Å². The Kier molecular flexibility index (Phi) is 15.0. The van der Waals surface area contributed by atoms with Gasteiger partial charge in [-0.25, -0.2) is 12.2 Å². The Morgan fingerprint density at radius 2 is 1.22 bits per heavy atom. The number of benzene rings is 4. The van der Waals surface area contributed by atoms with Crippen LogP contribution in [0.1, 0.15) is 92.5 Å². The molecule has 2 aliphatic rings. The van der Waals surface area contributed by atoms with Gasteiger partial charge in [-0.05, 0) is 35.4 Å². The van der Waals surface area contributed by atoms with Crippen LogP contribution in [-0.4, -0.2) is 3.21 Å². The summed E-state index contributed by atoms with van der Waals surface area (Å²) in [6, 6.07) is 26.8. The van der Waals surface area contributed by atoms with Crippen LogP contribution in [0.4, 0.5) is 0 Å². The molecular formula is C41H42Cl4Zr-2. The molecule has 0 heterocycles. The number of hydrogen-bond donors (Lipinski definition) is 0. The van der Waals surface area contributed by atoms with E-state index in [0.29, 0.717) is 0 Å².